The summed E-state index contributed by atoms with van der Waals surface area (Å²) in [5, 5.41) is 0. The van der Waals surface area contributed by atoms with Gasteiger partial charge in [-0.15, -0.1) is 0 Å². The zero-order valence-corrected chi connectivity index (χ0v) is 12.1. The van der Waals surface area contributed by atoms with Gasteiger partial charge in [-0.3, -0.25) is 4.90 Å². The van der Waals surface area contributed by atoms with Crippen molar-refractivity contribution in [3.05, 3.63) is 0 Å². The second-order valence-electron chi connectivity index (χ2n) is 6.45. The van der Waals surface area contributed by atoms with E-state index in [1.165, 1.54) is 38.6 Å². The van der Waals surface area contributed by atoms with E-state index >= 15 is 0 Å². The number of hydrogen-bond donors (Lipinski definition) is 1. The summed E-state index contributed by atoms with van der Waals surface area (Å²) in [5.41, 5.74) is 6.33. The second-order valence-corrected chi connectivity index (χ2v) is 6.45. The summed E-state index contributed by atoms with van der Waals surface area (Å²) in [4.78, 5) is 2.69. The summed E-state index contributed by atoms with van der Waals surface area (Å²) in [5.74, 6) is 0.773. The Morgan fingerprint density at radius 3 is 2.56 bits per heavy atom. The van der Waals surface area contributed by atoms with Crippen molar-refractivity contribution in [2.24, 2.45) is 11.7 Å². The lowest BCUT2D eigenvalue weighted by Crippen LogP contribution is -2.56. The molecule has 0 aromatic carbocycles. The molecule has 3 heteroatoms. The van der Waals surface area contributed by atoms with Crippen LogP contribution >= 0.6 is 0 Å². The summed E-state index contributed by atoms with van der Waals surface area (Å²) in [6, 6.07) is 1.54. The zero-order valence-electron chi connectivity index (χ0n) is 12.1. The Balaban J connectivity index is 1.97. The monoisotopic (exact) mass is 254 g/mol. The van der Waals surface area contributed by atoms with E-state index in [-0.39, 0.29) is 0 Å². The minimum Gasteiger partial charge on any atom is -0.380 e. The lowest BCUT2D eigenvalue weighted by molar-refractivity contribution is -0.0122. The molecular weight excluding hydrogens is 224 g/mol. The van der Waals surface area contributed by atoms with E-state index in [0.29, 0.717) is 12.1 Å². The van der Waals surface area contributed by atoms with Crippen molar-refractivity contribution < 1.29 is 4.74 Å². The van der Waals surface area contributed by atoms with Crippen molar-refractivity contribution in [3.63, 3.8) is 0 Å². The molecule has 0 amide bonds. The molecule has 1 aliphatic heterocycles. The molecule has 1 saturated carbocycles. The van der Waals surface area contributed by atoms with Gasteiger partial charge in [0, 0.05) is 24.7 Å². The van der Waals surface area contributed by atoms with Gasteiger partial charge in [0.25, 0.3) is 0 Å². The normalized spacial score (nSPS) is 30.5. The van der Waals surface area contributed by atoms with E-state index in [1.807, 2.05) is 0 Å². The molecule has 2 fully saturated rings. The van der Waals surface area contributed by atoms with Crippen molar-refractivity contribution in [1.29, 1.82) is 0 Å². The van der Waals surface area contributed by atoms with Crippen molar-refractivity contribution in [2.45, 2.75) is 70.5 Å². The van der Waals surface area contributed by atoms with Gasteiger partial charge < -0.3 is 10.5 Å². The highest BCUT2D eigenvalue weighted by atomic mass is 16.5. The molecular formula is C15H30N2O. The van der Waals surface area contributed by atoms with Crippen LogP contribution in [0.1, 0.15) is 52.4 Å². The van der Waals surface area contributed by atoms with Crippen LogP contribution in [0.15, 0.2) is 0 Å². The summed E-state index contributed by atoms with van der Waals surface area (Å²) in [6.07, 6.45) is 7.81. The molecule has 2 atom stereocenters. The van der Waals surface area contributed by atoms with Gasteiger partial charge in [-0.25, -0.2) is 0 Å². The van der Waals surface area contributed by atoms with Crippen molar-refractivity contribution in [2.75, 3.05) is 19.8 Å². The summed E-state index contributed by atoms with van der Waals surface area (Å²) < 4.78 is 5.68. The minimum atomic E-state index is 0.312. The average Bonchev–Trinajstić information content (AvgIpc) is 2.85. The molecule has 2 unspecified atom stereocenters. The fraction of sp³-hybridized carbons (Fsp3) is 1.00. The Kier molecular flexibility index (Phi) is 5.46. The molecule has 2 N–H and O–H groups in total. The van der Waals surface area contributed by atoms with Crippen LogP contribution in [-0.4, -0.2) is 42.8 Å². The molecule has 0 aromatic rings. The van der Waals surface area contributed by atoms with E-state index in [0.717, 1.165) is 31.6 Å². The van der Waals surface area contributed by atoms with Crippen LogP contribution in [0.25, 0.3) is 0 Å². The molecule has 0 spiro atoms. The second kappa shape index (κ2) is 6.88. The fourth-order valence-electron chi connectivity index (χ4n) is 3.34. The molecule has 1 heterocycles. The molecule has 2 aliphatic rings. The third-order valence-electron chi connectivity index (χ3n) is 4.56. The van der Waals surface area contributed by atoms with Gasteiger partial charge in [-0.1, -0.05) is 26.7 Å². The average molecular weight is 254 g/mol. The quantitative estimate of drug-likeness (QED) is 0.819. The molecule has 0 aromatic heterocycles. The maximum absolute atomic E-state index is 6.33. The van der Waals surface area contributed by atoms with Gasteiger partial charge in [0.2, 0.25) is 0 Å². The largest absolute Gasteiger partial charge is 0.380 e. The Bertz CT molecular complexity index is 239. The number of nitrogens with zero attached hydrogens (tertiary/aromatic N) is 1. The SMILES string of the molecule is CC(C)CCN(C1CCCC1)C1COCCC1N. The van der Waals surface area contributed by atoms with Gasteiger partial charge in [-0.05, 0) is 38.1 Å². The van der Waals surface area contributed by atoms with E-state index in [2.05, 4.69) is 18.7 Å². The van der Waals surface area contributed by atoms with Gasteiger partial charge in [0.1, 0.15) is 0 Å². The van der Waals surface area contributed by atoms with E-state index in [4.69, 9.17) is 10.5 Å². The van der Waals surface area contributed by atoms with Crippen LogP contribution in [0.5, 0.6) is 0 Å². The number of hydrogen-bond acceptors (Lipinski definition) is 3. The van der Waals surface area contributed by atoms with Gasteiger partial charge in [0.15, 0.2) is 0 Å². The van der Waals surface area contributed by atoms with E-state index in [1.54, 1.807) is 0 Å². The van der Waals surface area contributed by atoms with Crippen LogP contribution in [0, 0.1) is 5.92 Å². The van der Waals surface area contributed by atoms with Gasteiger partial charge in [0.05, 0.1) is 6.61 Å². The smallest absolute Gasteiger partial charge is 0.0637 e. The van der Waals surface area contributed by atoms with Crippen LogP contribution in [-0.2, 0) is 4.74 Å². The Morgan fingerprint density at radius 2 is 1.94 bits per heavy atom. The molecule has 0 radical (unpaired) electrons. The molecule has 106 valence electrons. The molecule has 1 aliphatic carbocycles. The third-order valence-corrected chi connectivity index (χ3v) is 4.56. The van der Waals surface area contributed by atoms with Gasteiger partial charge >= 0.3 is 0 Å². The first-order chi connectivity index (χ1) is 8.68. The first-order valence-electron chi connectivity index (χ1n) is 7.77. The van der Waals surface area contributed by atoms with Crippen LogP contribution < -0.4 is 5.73 Å². The summed E-state index contributed by atoms with van der Waals surface area (Å²) >= 11 is 0. The highest BCUT2D eigenvalue weighted by Crippen LogP contribution is 2.28. The Labute approximate surface area is 112 Å². The maximum Gasteiger partial charge on any atom is 0.0637 e. The van der Waals surface area contributed by atoms with Crippen LogP contribution in [0.2, 0.25) is 0 Å². The van der Waals surface area contributed by atoms with Crippen LogP contribution in [0.4, 0.5) is 0 Å². The Morgan fingerprint density at radius 1 is 1.22 bits per heavy atom. The maximum atomic E-state index is 6.33. The predicted molar refractivity (Wildman–Crippen MR) is 75.6 cm³/mol. The van der Waals surface area contributed by atoms with E-state index in [9.17, 15) is 0 Å². The number of rotatable bonds is 5. The van der Waals surface area contributed by atoms with Crippen LogP contribution in [0.3, 0.4) is 0 Å². The van der Waals surface area contributed by atoms with Crippen molar-refractivity contribution >= 4 is 0 Å². The van der Waals surface area contributed by atoms with E-state index < -0.39 is 0 Å². The lowest BCUT2D eigenvalue weighted by atomic mass is 9.99. The molecule has 3 nitrogen and oxygen atoms in total. The summed E-state index contributed by atoms with van der Waals surface area (Å²) in [7, 11) is 0. The number of nitrogens with two attached hydrogens (primary N) is 1. The first-order valence-corrected chi connectivity index (χ1v) is 7.77. The van der Waals surface area contributed by atoms with Crippen molar-refractivity contribution in [3.8, 4) is 0 Å². The number of ether oxygens (including phenoxy) is 1. The highest BCUT2D eigenvalue weighted by molar-refractivity contribution is 4.90. The third kappa shape index (κ3) is 3.69. The van der Waals surface area contributed by atoms with Crippen molar-refractivity contribution in [1.82, 2.24) is 4.90 Å². The topological polar surface area (TPSA) is 38.5 Å². The molecule has 0 bridgehead atoms. The standard InChI is InChI=1S/C15H30N2O/c1-12(2)7-9-17(13-5-3-4-6-13)15-11-18-10-8-14(15)16/h12-15H,3-11,16H2,1-2H3. The Hall–Kier alpha value is -0.120. The summed E-state index contributed by atoms with van der Waals surface area (Å²) in [6.45, 7) is 7.51. The first kappa shape index (κ1) is 14.3. The molecule has 2 rings (SSSR count). The van der Waals surface area contributed by atoms with Gasteiger partial charge in [-0.2, -0.15) is 0 Å². The molecule has 1 saturated heterocycles. The minimum absolute atomic E-state index is 0.312. The lowest BCUT2D eigenvalue weighted by Gasteiger charge is -2.42. The molecule has 18 heavy (non-hydrogen) atoms. The predicted octanol–water partition coefficient (Wildman–Crippen LogP) is 2.39. The zero-order chi connectivity index (χ0) is 13.0. The highest BCUT2D eigenvalue weighted by Gasteiger charge is 2.33. The fourth-order valence-corrected chi connectivity index (χ4v) is 3.34.